The molecule has 0 spiro atoms. The Morgan fingerprint density at radius 2 is 1.81 bits per heavy atom. The molecule has 2 nitrogen and oxygen atoms in total. The van der Waals surface area contributed by atoms with Crippen LogP contribution in [0.3, 0.4) is 0 Å². The fourth-order valence-corrected chi connectivity index (χ4v) is 3.48. The van der Waals surface area contributed by atoms with E-state index >= 15 is 0 Å². The fraction of sp³-hybridized carbons (Fsp3) is 0.167. The molecule has 1 unspecified atom stereocenters. The molecule has 2 N–H and O–H groups in total. The molecule has 1 atom stereocenters. The molecule has 1 aromatic carbocycles. The third-order valence-corrected chi connectivity index (χ3v) is 4.96. The largest absolute Gasteiger partial charge is 0.326 e. The highest BCUT2D eigenvalue weighted by molar-refractivity contribution is 7.86. The molecule has 84 valence electrons. The Labute approximate surface area is 102 Å². The average molecular weight is 251 g/mol. The van der Waals surface area contributed by atoms with Gasteiger partial charge in [0.1, 0.15) is 0 Å². The van der Waals surface area contributed by atoms with Crippen molar-refractivity contribution in [2.45, 2.75) is 16.5 Å². The molecule has 0 aliphatic heterocycles. The lowest BCUT2D eigenvalue weighted by Crippen LogP contribution is -1.98. The molecule has 0 amide bonds. The highest BCUT2D eigenvalue weighted by atomic mass is 32.2. The van der Waals surface area contributed by atoms with Gasteiger partial charge >= 0.3 is 0 Å². The van der Waals surface area contributed by atoms with Gasteiger partial charge in [-0.05, 0) is 22.6 Å². The van der Waals surface area contributed by atoms with Crippen molar-refractivity contribution in [3.8, 4) is 0 Å². The second kappa shape index (κ2) is 5.39. The highest BCUT2D eigenvalue weighted by Gasteiger charge is 2.05. The van der Waals surface area contributed by atoms with Crippen LogP contribution in [-0.4, -0.2) is 4.21 Å². The average Bonchev–Trinajstić information content (AvgIpc) is 2.83. The van der Waals surface area contributed by atoms with E-state index in [1.165, 1.54) is 11.3 Å². The van der Waals surface area contributed by atoms with E-state index in [0.717, 1.165) is 15.3 Å². The van der Waals surface area contributed by atoms with E-state index in [1.807, 2.05) is 41.8 Å². The second-order valence-electron chi connectivity index (χ2n) is 3.44. The van der Waals surface area contributed by atoms with Gasteiger partial charge in [0.15, 0.2) is 0 Å². The van der Waals surface area contributed by atoms with Gasteiger partial charge in [0, 0.05) is 6.54 Å². The molecule has 1 heterocycles. The van der Waals surface area contributed by atoms with E-state index in [0.29, 0.717) is 12.3 Å². The molecule has 1 aromatic heterocycles. The van der Waals surface area contributed by atoms with Gasteiger partial charge in [-0.2, -0.15) is 0 Å². The molecule has 0 saturated heterocycles. The SMILES string of the molecule is NCc1ccc(CS(=O)c2cccs2)cc1. The summed E-state index contributed by atoms with van der Waals surface area (Å²) in [4.78, 5) is 0. The Morgan fingerprint density at radius 1 is 1.12 bits per heavy atom. The van der Waals surface area contributed by atoms with Crippen LogP contribution in [0.4, 0.5) is 0 Å². The quantitative estimate of drug-likeness (QED) is 0.907. The van der Waals surface area contributed by atoms with Crippen LogP contribution in [0.1, 0.15) is 11.1 Å². The summed E-state index contributed by atoms with van der Waals surface area (Å²) in [6.07, 6.45) is 0. The summed E-state index contributed by atoms with van der Waals surface area (Å²) in [6.45, 7) is 0.550. The molecular formula is C12H13NOS2. The van der Waals surface area contributed by atoms with E-state index in [2.05, 4.69) is 0 Å². The minimum absolute atomic E-state index is 0.550. The van der Waals surface area contributed by atoms with E-state index in [4.69, 9.17) is 5.73 Å². The molecule has 4 heteroatoms. The van der Waals surface area contributed by atoms with Gasteiger partial charge in [-0.15, -0.1) is 11.3 Å². The minimum atomic E-state index is -0.925. The van der Waals surface area contributed by atoms with E-state index in [9.17, 15) is 4.21 Å². The smallest absolute Gasteiger partial charge is 0.0913 e. The zero-order valence-electron chi connectivity index (χ0n) is 8.76. The zero-order valence-corrected chi connectivity index (χ0v) is 10.4. The van der Waals surface area contributed by atoms with Crippen molar-refractivity contribution in [1.29, 1.82) is 0 Å². The molecule has 2 rings (SSSR count). The van der Waals surface area contributed by atoms with Crippen LogP contribution >= 0.6 is 11.3 Å². The van der Waals surface area contributed by atoms with Gasteiger partial charge in [0.2, 0.25) is 0 Å². The van der Waals surface area contributed by atoms with Gasteiger partial charge in [0.25, 0.3) is 0 Å². The molecule has 2 aromatic rings. The monoisotopic (exact) mass is 251 g/mol. The maximum absolute atomic E-state index is 11.9. The van der Waals surface area contributed by atoms with Crippen molar-refractivity contribution in [2.24, 2.45) is 5.73 Å². The maximum atomic E-state index is 11.9. The molecular weight excluding hydrogens is 238 g/mol. The third kappa shape index (κ3) is 2.78. The van der Waals surface area contributed by atoms with Crippen molar-refractivity contribution in [3.63, 3.8) is 0 Å². The van der Waals surface area contributed by atoms with Gasteiger partial charge in [-0.25, -0.2) is 0 Å². The number of rotatable bonds is 4. The van der Waals surface area contributed by atoms with Crippen LogP contribution < -0.4 is 5.73 Å². The van der Waals surface area contributed by atoms with Crippen molar-refractivity contribution in [2.75, 3.05) is 0 Å². The first kappa shape index (κ1) is 11.5. The van der Waals surface area contributed by atoms with Crippen molar-refractivity contribution in [1.82, 2.24) is 0 Å². The van der Waals surface area contributed by atoms with Gasteiger partial charge in [-0.1, -0.05) is 30.3 Å². The van der Waals surface area contributed by atoms with Crippen LogP contribution in [0, 0.1) is 0 Å². The first-order chi connectivity index (χ1) is 7.79. The Hall–Kier alpha value is -0.970. The summed E-state index contributed by atoms with van der Waals surface area (Å²) in [5.41, 5.74) is 7.71. The third-order valence-electron chi connectivity index (χ3n) is 2.28. The van der Waals surface area contributed by atoms with E-state index in [1.54, 1.807) is 0 Å². The summed E-state index contributed by atoms with van der Waals surface area (Å²) >= 11 is 1.54. The molecule has 0 aliphatic rings. The second-order valence-corrected chi connectivity index (χ2v) is 6.07. The number of hydrogen-bond donors (Lipinski definition) is 1. The van der Waals surface area contributed by atoms with E-state index in [-0.39, 0.29) is 0 Å². The summed E-state index contributed by atoms with van der Waals surface area (Å²) < 4.78 is 12.9. The van der Waals surface area contributed by atoms with Gasteiger partial charge in [-0.3, -0.25) is 4.21 Å². The maximum Gasteiger partial charge on any atom is 0.0913 e. The zero-order chi connectivity index (χ0) is 11.4. The Bertz CT molecular complexity index is 462. The highest BCUT2D eigenvalue weighted by Crippen LogP contribution is 2.17. The van der Waals surface area contributed by atoms with Crippen molar-refractivity contribution in [3.05, 3.63) is 52.9 Å². The predicted octanol–water partition coefficient (Wildman–Crippen LogP) is 2.51. The molecule has 0 saturated carbocycles. The lowest BCUT2D eigenvalue weighted by Gasteiger charge is -2.01. The number of hydrogen-bond acceptors (Lipinski definition) is 3. The molecule has 16 heavy (non-hydrogen) atoms. The Balaban J connectivity index is 2.06. The van der Waals surface area contributed by atoms with Crippen LogP contribution in [0.5, 0.6) is 0 Å². The number of benzene rings is 1. The van der Waals surface area contributed by atoms with Gasteiger partial charge < -0.3 is 5.73 Å². The number of thiophene rings is 1. The van der Waals surface area contributed by atoms with E-state index < -0.39 is 10.8 Å². The lowest BCUT2D eigenvalue weighted by molar-refractivity contribution is 0.684. The molecule has 0 bridgehead atoms. The van der Waals surface area contributed by atoms with Crippen LogP contribution in [0.2, 0.25) is 0 Å². The first-order valence-electron chi connectivity index (χ1n) is 4.99. The Morgan fingerprint density at radius 3 is 2.38 bits per heavy atom. The van der Waals surface area contributed by atoms with Crippen LogP contribution in [0.25, 0.3) is 0 Å². The Kier molecular flexibility index (Phi) is 3.88. The standard InChI is InChI=1S/C12H13NOS2/c13-8-10-3-5-11(6-4-10)9-16(14)12-2-1-7-15-12/h1-7H,8-9,13H2. The summed E-state index contributed by atoms with van der Waals surface area (Å²) in [5.74, 6) is 0.575. The van der Waals surface area contributed by atoms with Crippen molar-refractivity contribution >= 4 is 22.1 Å². The topological polar surface area (TPSA) is 43.1 Å². The van der Waals surface area contributed by atoms with Crippen molar-refractivity contribution < 1.29 is 4.21 Å². The van der Waals surface area contributed by atoms with Crippen LogP contribution in [0.15, 0.2) is 46.0 Å². The fourth-order valence-electron chi connectivity index (χ4n) is 1.39. The molecule has 0 fully saturated rings. The minimum Gasteiger partial charge on any atom is -0.326 e. The molecule has 0 radical (unpaired) electrons. The summed E-state index contributed by atoms with van der Waals surface area (Å²) in [5, 5.41) is 1.95. The predicted molar refractivity (Wildman–Crippen MR) is 68.8 cm³/mol. The van der Waals surface area contributed by atoms with Gasteiger partial charge in [0.05, 0.1) is 20.8 Å². The summed E-state index contributed by atoms with van der Waals surface area (Å²) in [6, 6.07) is 11.8. The first-order valence-corrected chi connectivity index (χ1v) is 7.19. The molecule has 0 aliphatic carbocycles. The normalized spacial score (nSPS) is 12.6. The number of nitrogens with two attached hydrogens (primary N) is 1. The van der Waals surface area contributed by atoms with Crippen LogP contribution in [-0.2, 0) is 23.1 Å². The lowest BCUT2D eigenvalue weighted by atomic mass is 10.1. The summed E-state index contributed by atoms with van der Waals surface area (Å²) in [7, 11) is -0.925.